The molecule has 0 amide bonds. The van der Waals surface area contributed by atoms with E-state index in [4.69, 9.17) is 28.9 Å². The molecule has 1 aliphatic heterocycles. The summed E-state index contributed by atoms with van der Waals surface area (Å²) in [5.74, 6) is 2.76. The molecule has 0 fully saturated rings. The molecule has 7 rings (SSSR count). The van der Waals surface area contributed by atoms with Crippen LogP contribution in [0.25, 0.3) is 32.8 Å². The molecule has 2 atom stereocenters. The van der Waals surface area contributed by atoms with Crippen LogP contribution in [0.1, 0.15) is 42.4 Å². The third-order valence-corrected chi connectivity index (χ3v) is 8.24. The van der Waals surface area contributed by atoms with Gasteiger partial charge in [-0.2, -0.15) is 0 Å². The maximum Gasteiger partial charge on any atom is 0.203 e. The van der Waals surface area contributed by atoms with Gasteiger partial charge in [-0.25, -0.2) is 9.97 Å². The summed E-state index contributed by atoms with van der Waals surface area (Å²) in [6.07, 6.45) is 1.13. The van der Waals surface area contributed by atoms with E-state index in [-0.39, 0.29) is 11.7 Å². The van der Waals surface area contributed by atoms with E-state index in [0.29, 0.717) is 52.7 Å². The van der Waals surface area contributed by atoms with Gasteiger partial charge in [-0.05, 0) is 48.2 Å². The minimum Gasteiger partial charge on any atom is -0.493 e. The summed E-state index contributed by atoms with van der Waals surface area (Å²) in [5, 5.41) is 1.89. The Morgan fingerprint density at radius 3 is 2.24 bits per heavy atom. The number of ether oxygens (including phenoxy) is 4. The van der Waals surface area contributed by atoms with Gasteiger partial charge in [0.25, 0.3) is 0 Å². The SMILES string of the molecule is COc1cc([C@@H]2C3=C(C[C@@H](C)CC3=O)Oc3c2c2nc4ccc(C)cc4nc2c2ccccc32)cc(OC)c1OC. The molecule has 7 heteroatoms. The van der Waals surface area contributed by atoms with Crippen molar-refractivity contribution in [1.29, 1.82) is 0 Å². The molecule has 41 heavy (non-hydrogen) atoms. The van der Waals surface area contributed by atoms with Crippen LogP contribution in [0.2, 0.25) is 0 Å². The van der Waals surface area contributed by atoms with Crippen molar-refractivity contribution in [3.8, 4) is 23.0 Å². The van der Waals surface area contributed by atoms with Gasteiger partial charge < -0.3 is 18.9 Å². The van der Waals surface area contributed by atoms with Crippen molar-refractivity contribution in [2.75, 3.05) is 21.3 Å². The molecule has 0 bridgehead atoms. The summed E-state index contributed by atoms with van der Waals surface area (Å²) in [5.41, 5.74) is 6.53. The molecule has 5 aromatic rings. The van der Waals surface area contributed by atoms with Crippen molar-refractivity contribution in [3.63, 3.8) is 0 Å². The molecule has 0 saturated heterocycles. The molecule has 7 nitrogen and oxygen atoms in total. The molecule has 0 N–H and O–H groups in total. The van der Waals surface area contributed by atoms with E-state index in [1.165, 1.54) is 0 Å². The number of aryl methyl sites for hydroxylation is 1. The quantitative estimate of drug-likeness (QED) is 0.177. The Kier molecular flexibility index (Phi) is 5.85. The topological polar surface area (TPSA) is 79.8 Å². The molecule has 0 saturated carbocycles. The van der Waals surface area contributed by atoms with Gasteiger partial charge in [0.05, 0.1) is 43.4 Å². The third-order valence-electron chi connectivity index (χ3n) is 8.24. The van der Waals surface area contributed by atoms with E-state index in [9.17, 15) is 4.79 Å². The van der Waals surface area contributed by atoms with Crippen LogP contribution in [0, 0.1) is 12.8 Å². The van der Waals surface area contributed by atoms with Crippen LogP contribution >= 0.6 is 0 Å². The normalized spacial score (nSPS) is 18.3. The standard InChI is InChI=1S/C34H30N2O5/c1-17-10-11-22-23(12-17)36-31-20-8-6-7-9-21(20)33-30(32(31)35-22)28(29-24(37)13-18(2)14-25(29)41-33)19-15-26(38-3)34(40-5)27(16-19)39-4/h6-12,15-16,18,28H,13-14H2,1-5H3/t18-,28+/m0/s1. The Balaban J connectivity index is 1.64. The lowest BCUT2D eigenvalue weighted by atomic mass is 9.74. The Morgan fingerprint density at radius 2 is 1.54 bits per heavy atom. The first kappa shape index (κ1) is 25.3. The Bertz CT molecular complexity index is 1920. The second-order valence-electron chi connectivity index (χ2n) is 11.0. The Hall–Kier alpha value is -4.65. The zero-order chi connectivity index (χ0) is 28.4. The van der Waals surface area contributed by atoms with Crippen LogP contribution in [0.4, 0.5) is 0 Å². The molecule has 2 aliphatic rings. The summed E-state index contributed by atoms with van der Waals surface area (Å²) in [6, 6.07) is 18.1. The monoisotopic (exact) mass is 546 g/mol. The summed E-state index contributed by atoms with van der Waals surface area (Å²) >= 11 is 0. The van der Waals surface area contributed by atoms with Crippen LogP contribution in [0.3, 0.4) is 0 Å². The molecular weight excluding hydrogens is 516 g/mol. The number of methoxy groups -OCH3 is 3. The van der Waals surface area contributed by atoms with Gasteiger partial charge in [0.15, 0.2) is 17.3 Å². The number of Topliss-reactive ketones (excluding diaryl/α,β-unsaturated/α-hetero) is 1. The van der Waals surface area contributed by atoms with Crippen LogP contribution < -0.4 is 18.9 Å². The highest BCUT2D eigenvalue weighted by molar-refractivity contribution is 6.13. The lowest BCUT2D eigenvalue weighted by molar-refractivity contribution is -0.117. The van der Waals surface area contributed by atoms with Crippen LogP contribution in [-0.2, 0) is 4.79 Å². The van der Waals surface area contributed by atoms with E-state index < -0.39 is 5.92 Å². The van der Waals surface area contributed by atoms with E-state index in [0.717, 1.165) is 44.0 Å². The molecule has 0 unspecified atom stereocenters. The van der Waals surface area contributed by atoms with Gasteiger partial charge in [0.2, 0.25) is 5.75 Å². The van der Waals surface area contributed by atoms with Crippen molar-refractivity contribution < 1.29 is 23.7 Å². The highest BCUT2D eigenvalue weighted by Crippen LogP contribution is 2.54. The molecule has 4 aromatic carbocycles. The first-order valence-electron chi connectivity index (χ1n) is 13.8. The summed E-state index contributed by atoms with van der Waals surface area (Å²) in [6.45, 7) is 4.14. The predicted molar refractivity (Wildman–Crippen MR) is 158 cm³/mol. The van der Waals surface area contributed by atoms with E-state index in [1.54, 1.807) is 21.3 Å². The third kappa shape index (κ3) is 3.83. The lowest BCUT2D eigenvalue weighted by Crippen LogP contribution is -2.29. The Morgan fingerprint density at radius 1 is 0.829 bits per heavy atom. The number of hydrogen-bond donors (Lipinski definition) is 0. The Labute approximate surface area is 237 Å². The molecule has 2 heterocycles. The first-order chi connectivity index (χ1) is 19.9. The number of nitrogens with zero attached hydrogens (tertiary/aromatic N) is 2. The number of fused-ring (bicyclic) bond motifs is 7. The van der Waals surface area contributed by atoms with Gasteiger partial charge in [0, 0.05) is 40.7 Å². The fourth-order valence-corrected chi connectivity index (χ4v) is 6.43. The van der Waals surface area contributed by atoms with Crippen molar-refractivity contribution in [3.05, 3.63) is 82.6 Å². The van der Waals surface area contributed by atoms with E-state index >= 15 is 0 Å². The number of ketones is 1. The van der Waals surface area contributed by atoms with Crippen molar-refractivity contribution >= 4 is 38.6 Å². The number of aromatic nitrogens is 2. The predicted octanol–water partition coefficient (Wildman–Crippen LogP) is 7.05. The summed E-state index contributed by atoms with van der Waals surface area (Å²) in [4.78, 5) is 24.2. The molecule has 1 aliphatic carbocycles. The number of benzene rings is 4. The second-order valence-corrected chi connectivity index (χ2v) is 11.0. The minimum absolute atomic E-state index is 0.0776. The molecule has 0 radical (unpaired) electrons. The first-order valence-corrected chi connectivity index (χ1v) is 13.8. The van der Waals surface area contributed by atoms with Gasteiger partial charge >= 0.3 is 0 Å². The van der Waals surface area contributed by atoms with Crippen LogP contribution in [0.5, 0.6) is 23.0 Å². The van der Waals surface area contributed by atoms with Gasteiger partial charge in [-0.3, -0.25) is 4.79 Å². The minimum atomic E-state index is -0.466. The highest BCUT2D eigenvalue weighted by Gasteiger charge is 2.41. The van der Waals surface area contributed by atoms with Gasteiger partial charge in [-0.1, -0.05) is 37.3 Å². The largest absolute Gasteiger partial charge is 0.493 e. The van der Waals surface area contributed by atoms with Crippen molar-refractivity contribution in [2.45, 2.75) is 32.6 Å². The molecule has 0 spiro atoms. The van der Waals surface area contributed by atoms with Crippen LogP contribution in [0.15, 0.2) is 65.9 Å². The number of rotatable bonds is 4. The second kappa shape index (κ2) is 9.47. The summed E-state index contributed by atoms with van der Waals surface area (Å²) in [7, 11) is 4.78. The number of hydrogen-bond acceptors (Lipinski definition) is 7. The number of carbonyl (C=O) groups is 1. The van der Waals surface area contributed by atoms with Crippen molar-refractivity contribution in [1.82, 2.24) is 9.97 Å². The average molecular weight is 547 g/mol. The number of carbonyl (C=O) groups excluding carboxylic acids is 1. The molecule has 206 valence electrons. The molecular formula is C34H30N2O5. The van der Waals surface area contributed by atoms with Crippen LogP contribution in [-0.4, -0.2) is 37.1 Å². The summed E-state index contributed by atoms with van der Waals surface area (Å²) < 4.78 is 23.8. The van der Waals surface area contributed by atoms with E-state index in [1.807, 2.05) is 43.3 Å². The fourth-order valence-electron chi connectivity index (χ4n) is 6.43. The maximum absolute atomic E-state index is 13.9. The van der Waals surface area contributed by atoms with Crippen molar-refractivity contribution in [2.24, 2.45) is 5.92 Å². The van der Waals surface area contributed by atoms with Gasteiger partial charge in [0.1, 0.15) is 11.5 Å². The number of allylic oxidation sites excluding steroid dienone is 2. The fraction of sp³-hybridized carbons (Fsp3) is 0.265. The highest BCUT2D eigenvalue weighted by atomic mass is 16.5. The zero-order valence-electron chi connectivity index (χ0n) is 23.7. The maximum atomic E-state index is 13.9. The zero-order valence-corrected chi connectivity index (χ0v) is 23.7. The smallest absolute Gasteiger partial charge is 0.203 e. The lowest BCUT2D eigenvalue weighted by Gasteiger charge is -2.36. The molecule has 1 aromatic heterocycles. The van der Waals surface area contributed by atoms with E-state index in [2.05, 4.69) is 25.1 Å². The van der Waals surface area contributed by atoms with Gasteiger partial charge in [-0.15, -0.1) is 0 Å². The average Bonchev–Trinajstić information content (AvgIpc) is 2.98.